The fourth-order valence-corrected chi connectivity index (χ4v) is 8.68. The van der Waals surface area contributed by atoms with E-state index in [4.69, 9.17) is 0 Å². The number of fused-ring (bicyclic) bond motifs is 2. The molecule has 13 heteroatoms. The summed E-state index contributed by atoms with van der Waals surface area (Å²) in [5.41, 5.74) is 1.79. The van der Waals surface area contributed by atoms with Gasteiger partial charge in [-0.3, -0.25) is 34.7 Å². The first kappa shape index (κ1) is 25.3. The van der Waals surface area contributed by atoms with Crippen LogP contribution in [0.2, 0.25) is 0 Å². The van der Waals surface area contributed by atoms with Crippen molar-refractivity contribution in [3.05, 3.63) is 52.1 Å². The first-order valence-corrected chi connectivity index (χ1v) is 14.8. The Morgan fingerprint density at radius 1 is 1.13 bits per heavy atom. The van der Waals surface area contributed by atoms with E-state index in [2.05, 4.69) is 10.3 Å². The number of hydrogen-bond acceptors (Lipinski definition) is 10. The summed E-state index contributed by atoms with van der Waals surface area (Å²) in [5.74, 6) is -1.27. The van der Waals surface area contributed by atoms with Crippen LogP contribution in [0.1, 0.15) is 36.6 Å². The number of carboxylic acid groups (broad SMARTS) is 1. The number of hydrogen-bond donors (Lipinski definition) is 2. The summed E-state index contributed by atoms with van der Waals surface area (Å²) in [5, 5.41) is 23.7. The number of amides is 2. The molecule has 3 heterocycles. The second-order valence-corrected chi connectivity index (χ2v) is 13.0. The third-order valence-corrected chi connectivity index (χ3v) is 10.6. The van der Waals surface area contributed by atoms with Crippen molar-refractivity contribution < 1.29 is 24.4 Å². The number of nitro groups is 1. The maximum Gasteiger partial charge on any atom is 0.321 e. The molecule has 2 saturated heterocycles. The molecule has 2 N–H and O–H groups in total. The SMILES string of the molecule is O=C(O)[C@@H]1CS[C@H](c2ccc(Sc3nc4ccc(N5C(=O)[C@@H]6CCCC[C@H]6C5=O)cc4s3)c([N+](=O)[O-])c2)N1. The van der Waals surface area contributed by atoms with Crippen molar-refractivity contribution >= 4 is 74.2 Å². The molecule has 10 nitrogen and oxygen atoms in total. The summed E-state index contributed by atoms with van der Waals surface area (Å²) in [6.45, 7) is 0. The molecule has 1 saturated carbocycles. The molecular weight excluding hydrogens is 548 g/mol. The molecule has 3 fully saturated rings. The lowest BCUT2D eigenvalue weighted by Gasteiger charge is -2.19. The van der Waals surface area contributed by atoms with Gasteiger partial charge in [0.2, 0.25) is 11.8 Å². The Bertz CT molecular complexity index is 1470. The third-order valence-electron chi connectivity index (χ3n) is 7.21. The number of aromatic nitrogens is 1. The molecule has 4 atom stereocenters. The number of carbonyl (C=O) groups excluding carboxylic acids is 2. The quantitative estimate of drug-likeness (QED) is 0.240. The van der Waals surface area contributed by atoms with Crippen LogP contribution in [-0.4, -0.2) is 44.6 Å². The Hall–Kier alpha value is -3.00. The van der Waals surface area contributed by atoms with Crippen LogP contribution < -0.4 is 10.2 Å². The number of aliphatic carboxylic acids is 1. The predicted octanol–water partition coefficient (Wildman–Crippen LogP) is 4.82. The molecule has 0 bridgehead atoms. The van der Waals surface area contributed by atoms with Gasteiger partial charge in [0.25, 0.3) is 5.69 Å². The molecule has 196 valence electrons. The van der Waals surface area contributed by atoms with Gasteiger partial charge in [0.05, 0.1) is 42.9 Å². The standard InChI is InChI=1S/C25H22N4O6S3/c30-22-14-3-1-2-4-15(14)23(31)28(22)13-6-7-16-20(10-13)38-25(27-16)37-19-8-5-12(9-18(19)29(34)35)21-26-17(11-36-21)24(32)33/h5-10,14-15,17,21,26H,1-4,11H2,(H,32,33)/t14-,15-,17+,21-/m1/s1. The van der Waals surface area contributed by atoms with Gasteiger partial charge in [-0.25, -0.2) is 4.98 Å². The summed E-state index contributed by atoms with van der Waals surface area (Å²) in [4.78, 5) is 55.0. The number of benzene rings is 2. The second kappa shape index (κ2) is 9.95. The first-order chi connectivity index (χ1) is 18.3. The van der Waals surface area contributed by atoms with Crippen molar-refractivity contribution in [2.45, 2.75) is 46.3 Å². The summed E-state index contributed by atoms with van der Waals surface area (Å²) in [6, 6.07) is 9.51. The van der Waals surface area contributed by atoms with Crippen molar-refractivity contribution in [3.63, 3.8) is 0 Å². The van der Waals surface area contributed by atoms with E-state index in [9.17, 15) is 29.6 Å². The van der Waals surface area contributed by atoms with Crippen molar-refractivity contribution in [1.82, 2.24) is 10.3 Å². The number of nitro benzene ring substituents is 1. The number of carbonyl (C=O) groups is 3. The number of nitrogens with one attached hydrogen (secondary N) is 1. The maximum absolute atomic E-state index is 13.0. The zero-order valence-corrected chi connectivity index (χ0v) is 22.3. The molecule has 6 rings (SSSR count). The van der Waals surface area contributed by atoms with E-state index in [0.717, 1.165) is 30.4 Å². The number of imide groups is 1. The average Bonchev–Trinajstić information content (AvgIpc) is 3.61. The fraction of sp³-hybridized carbons (Fsp3) is 0.360. The Morgan fingerprint density at radius 3 is 2.53 bits per heavy atom. The molecule has 0 unspecified atom stereocenters. The Morgan fingerprint density at radius 2 is 1.87 bits per heavy atom. The highest BCUT2D eigenvalue weighted by Crippen LogP contribution is 2.44. The molecule has 0 spiro atoms. The predicted molar refractivity (Wildman–Crippen MR) is 145 cm³/mol. The summed E-state index contributed by atoms with van der Waals surface area (Å²) in [7, 11) is 0. The topological polar surface area (TPSA) is 143 Å². The first-order valence-electron chi connectivity index (χ1n) is 12.1. The lowest BCUT2D eigenvalue weighted by molar-refractivity contribution is -0.387. The van der Waals surface area contributed by atoms with Gasteiger partial charge in [-0.1, -0.05) is 30.7 Å². The van der Waals surface area contributed by atoms with Crippen LogP contribution >= 0.6 is 34.9 Å². The van der Waals surface area contributed by atoms with Gasteiger partial charge in [0, 0.05) is 11.8 Å². The average molecular weight is 571 g/mol. The normalized spacial score (nSPS) is 25.2. The number of carboxylic acids is 1. The molecule has 3 aromatic rings. The zero-order chi connectivity index (χ0) is 26.6. The van der Waals surface area contributed by atoms with E-state index in [-0.39, 0.29) is 34.7 Å². The van der Waals surface area contributed by atoms with Gasteiger partial charge in [-0.2, -0.15) is 0 Å². The van der Waals surface area contributed by atoms with Crippen molar-refractivity contribution in [2.24, 2.45) is 11.8 Å². The van der Waals surface area contributed by atoms with E-state index in [1.165, 1.54) is 45.8 Å². The van der Waals surface area contributed by atoms with Crippen LogP contribution in [0.15, 0.2) is 45.6 Å². The molecule has 1 aromatic heterocycles. The molecule has 2 aliphatic heterocycles. The fourth-order valence-electron chi connectivity index (χ4n) is 5.32. The highest BCUT2D eigenvalue weighted by Gasteiger charge is 2.48. The second-order valence-electron chi connectivity index (χ2n) is 9.50. The van der Waals surface area contributed by atoms with E-state index in [0.29, 0.717) is 31.8 Å². The van der Waals surface area contributed by atoms with Crippen LogP contribution in [-0.2, 0) is 14.4 Å². The number of anilines is 1. The van der Waals surface area contributed by atoms with Gasteiger partial charge < -0.3 is 5.11 Å². The Kier molecular flexibility index (Phi) is 6.62. The Balaban J connectivity index is 1.25. The lowest BCUT2D eigenvalue weighted by atomic mass is 9.81. The van der Waals surface area contributed by atoms with Gasteiger partial charge in [-0.15, -0.1) is 23.1 Å². The monoisotopic (exact) mass is 570 g/mol. The molecule has 38 heavy (non-hydrogen) atoms. The summed E-state index contributed by atoms with van der Waals surface area (Å²) >= 11 is 3.92. The maximum atomic E-state index is 13.0. The largest absolute Gasteiger partial charge is 0.480 e. The van der Waals surface area contributed by atoms with E-state index >= 15 is 0 Å². The van der Waals surface area contributed by atoms with E-state index < -0.39 is 16.9 Å². The van der Waals surface area contributed by atoms with Crippen LogP contribution in [0.25, 0.3) is 10.2 Å². The minimum Gasteiger partial charge on any atom is -0.480 e. The van der Waals surface area contributed by atoms with Crippen LogP contribution in [0.5, 0.6) is 0 Å². The molecule has 2 amide bonds. The highest BCUT2D eigenvalue weighted by molar-refractivity contribution is 8.01. The number of thiazole rings is 1. The number of rotatable bonds is 6. The molecular formula is C25H22N4O6S3. The lowest BCUT2D eigenvalue weighted by Crippen LogP contribution is -2.33. The zero-order valence-electron chi connectivity index (χ0n) is 19.9. The van der Waals surface area contributed by atoms with Gasteiger partial charge in [0.1, 0.15) is 6.04 Å². The smallest absolute Gasteiger partial charge is 0.321 e. The van der Waals surface area contributed by atoms with Crippen LogP contribution in [0.3, 0.4) is 0 Å². The molecule has 0 radical (unpaired) electrons. The van der Waals surface area contributed by atoms with E-state index in [1.54, 1.807) is 30.3 Å². The van der Waals surface area contributed by atoms with Crippen LogP contribution in [0, 0.1) is 22.0 Å². The van der Waals surface area contributed by atoms with Crippen molar-refractivity contribution in [2.75, 3.05) is 10.7 Å². The van der Waals surface area contributed by atoms with Gasteiger partial charge >= 0.3 is 5.97 Å². The molecule has 3 aliphatic rings. The summed E-state index contributed by atoms with van der Waals surface area (Å²) < 4.78 is 1.38. The van der Waals surface area contributed by atoms with Crippen LogP contribution in [0.4, 0.5) is 11.4 Å². The minimum absolute atomic E-state index is 0.0792. The number of thioether (sulfide) groups is 1. The van der Waals surface area contributed by atoms with Crippen molar-refractivity contribution in [3.8, 4) is 0 Å². The van der Waals surface area contributed by atoms with Gasteiger partial charge in [-0.05, 0) is 42.7 Å². The van der Waals surface area contributed by atoms with Crippen molar-refractivity contribution in [1.29, 1.82) is 0 Å². The minimum atomic E-state index is -0.947. The summed E-state index contributed by atoms with van der Waals surface area (Å²) in [6.07, 6.45) is 3.44. The number of nitrogens with zero attached hydrogens (tertiary/aromatic N) is 3. The molecule has 2 aromatic carbocycles. The molecule has 1 aliphatic carbocycles. The Labute approximate surface area is 229 Å². The third kappa shape index (κ3) is 4.46. The highest BCUT2D eigenvalue weighted by atomic mass is 32.2. The van der Waals surface area contributed by atoms with Gasteiger partial charge in [0.15, 0.2) is 4.34 Å². The van der Waals surface area contributed by atoms with E-state index in [1.807, 2.05) is 0 Å².